The quantitative estimate of drug-likeness (QED) is 0.421. The summed E-state index contributed by atoms with van der Waals surface area (Å²) in [5.74, 6) is 0.994. The lowest BCUT2D eigenvalue weighted by molar-refractivity contribution is 0.0663. The van der Waals surface area contributed by atoms with E-state index in [1.54, 1.807) is 36.3 Å². The molecule has 0 spiro atoms. The number of carbonyl (C=O) groups is 1. The summed E-state index contributed by atoms with van der Waals surface area (Å²) >= 11 is 0. The first kappa shape index (κ1) is 22.9. The first-order valence-electron chi connectivity index (χ1n) is 11.4. The molecule has 7 nitrogen and oxygen atoms in total. The topological polar surface area (TPSA) is 78.2 Å². The van der Waals surface area contributed by atoms with Crippen LogP contribution >= 0.6 is 0 Å². The molecule has 1 aliphatic rings. The van der Waals surface area contributed by atoms with Gasteiger partial charge in [0.25, 0.3) is 5.91 Å². The Hall–Kier alpha value is -3.32. The molecule has 3 aromatic rings. The summed E-state index contributed by atoms with van der Waals surface area (Å²) in [6.07, 6.45) is 1.97. The van der Waals surface area contributed by atoms with Gasteiger partial charge in [0.1, 0.15) is 5.58 Å². The van der Waals surface area contributed by atoms with E-state index in [1.807, 2.05) is 25.1 Å². The number of unbranched alkanes of at least 4 members (excludes halogenated alkanes) is 1. The molecule has 0 fully saturated rings. The van der Waals surface area contributed by atoms with Crippen molar-refractivity contribution in [1.82, 2.24) is 4.90 Å². The number of hydrogen-bond donors (Lipinski definition) is 0. The van der Waals surface area contributed by atoms with Crippen LogP contribution in [0.25, 0.3) is 11.0 Å². The van der Waals surface area contributed by atoms with Crippen LogP contribution in [-0.4, -0.2) is 44.3 Å². The number of fused-ring (bicyclic) bond motifs is 2. The first-order chi connectivity index (χ1) is 16.1. The van der Waals surface area contributed by atoms with E-state index in [4.69, 9.17) is 18.6 Å². The van der Waals surface area contributed by atoms with Crippen molar-refractivity contribution in [2.75, 3.05) is 33.5 Å². The van der Waals surface area contributed by atoms with E-state index in [-0.39, 0.29) is 17.1 Å². The number of methoxy groups -OCH3 is 1. The van der Waals surface area contributed by atoms with E-state index in [0.717, 1.165) is 18.4 Å². The average molecular weight is 452 g/mol. The highest BCUT2D eigenvalue weighted by Gasteiger charge is 2.42. The predicted molar refractivity (Wildman–Crippen MR) is 125 cm³/mol. The van der Waals surface area contributed by atoms with E-state index < -0.39 is 6.04 Å². The van der Waals surface area contributed by atoms with Crippen molar-refractivity contribution in [2.45, 2.75) is 32.7 Å². The molecule has 0 radical (unpaired) electrons. The largest absolute Gasteiger partial charge is 0.490 e. The van der Waals surface area contributed by atoms with Gasteiger partial charge in [0.2, 0.25) is 5.76 Å². The van der Waals surface area contributed by atoms with Gasteiger partial charge in [-0.3, -0.25) is 9.59 Å². The number of benzene rings is 2. The van der Waals surface area contributed by atoms with E-state index in [0.29, 0.717) is 54.4 Å². The normalized spacial score (nSPS) is 15.2. The van der Waals surface area contributed by atoms with E-state index >= 15 is 0 Å². The monoisotopic (exact) mass is 451 g/mol. The molecule has 1 aliphatic heterocycles. The molecule has 7 heteroatoms. The van der Waals surface area contributed by atoms with Crippen LogP contribution < -0.4 is 14.9 Å². The molecular weight excluding hydrogens is 422 g/mol. The van der Waals surface area contributed by atoms with Crippen molar-refractivity contribution < 1.29 is 23.4 Å². The maximum Gasteiger partial charge on any atom is 0.290 e. The molecule has 2 heterocycles. The van der Waals surface area contributed by atoms with Gasteiger partial charge in [-0.25, -0.2) is 0 Å². The molecular formula is C26H29NO6. The van der Waals surface area contributed by atoms with Crippen LogP contribution in [0.3, 0.4) is 0 Å². The zero-order valence-corrected chi connectivity index (χ0v) is 19.3. The fourth-order valence-corrected chi connectivity index (χ4v) is 4.14. The van der Waals surface area contributed by atoms with Crippen molar-refractivity contribution in [2.24, 2.45) is 0 Å². The summed E-state index contributed by atoms with van der Waals surface area (Å²) in [6, 6.07) is 12.0. The summed E-state index contributed by atoms with van der Waals surface area (Å²) in [4.78, 5) is 28.4. The fraction of sp³-hybridized carbons (Fsp3) is 0.385. The molecule has 2 aromatic carbocycles. The zero-order chi connectivity index (χ0) is 23.4. The van der Waals surface area contributed by atoms with Crippen molar-refractivity contribution in [3.63, 3.8) is 0 Å². The minimum Gasteiger partial charge on any atom is -0.490 e. The van der Waals surface area contributed by atoms with Crippen molar-refractivity contribution in [1.29, 1.82) is 0 Å². The minimum atomic E-state index is -0.604. The van der Waals surface area contributed by atoms with Gasteiger partial charge < -0.3 is 23.5 Å². The van der Waals surface area contributed by atoms with Gasteiger partial charge in [-0.2, -0.15) is 0 Å². The van der Waals surface area contributed by atoms with Gasteiger partial charge in [-0.1, -0.05) is 31.5 Å². The van der Waals surface area contributed by atoms with Crippen LogP contribution in [0.2, 0.25) is 0 Å². The maximum absolute atomic E-state index is 13.5. The highest BCUT2D eigenvalue weighted by atomic mass is 16.5. The van der Waals surface area contributed by atoms with Crippen molar-refractivity contribution in [3.8, 4) is 11.5 Å². The number of hydrogen-bond acceptors (Lipinski definition) is 6. The first-order valence-corrected chi connectivity index (χ1v) is 11.4. The van der Waals surface area contributed by atoms with Crippen LogP contribution in [0.5, 0.6) is 11.5 Å². The molecule has 0 bridgehead atoms. The Bertz CT molecular complexity index is 1200. The Kier molecular flexibility index (Phi) is 6.99. The van der Waals surface area contributed by atoms with Crippen LogP contribution in [0, 0.1) is 0 Å². The van der Waals surface area contributed by atoms with E-state index in [9.17, 15) is 9.59 Å². The Morgan fingerprint density at radius 2 is 1.82 bits per heavy atom. The summed E-state index contributed by atoms with van der Waals surface area (Å²) in [6.45, 7) is 5.72. The molecule has 4 rings (SSSR count). The summed E-state index contributed by atoms with van der Waals surface area (Å²) in [5, 5.41) is 0.451. The lowest BCUT2D eigenvalue weighted by Crippen LogP contribution is -2.32. The second-order valence-corrected chi connectivity index (χ2v) is 7.91. The number of amides is 1. The number of nitrogens with zero attached hydrogens (tertiary/aromatic N) is 1. The molecule has 1 aromatic heterocycles. The third-order valence-electron chi connectivity index (χ3n) is 5.75. The number of rotatable bonds is 10. The van der Waals surface area contributed by atoms with Gasteiger partial charge in [-0.15, -0.1) is 0 Å². The molecule has 0 N–H and O–H groups in total. The van der Waals surface area contributed by atoms with Gasteiger partial charge in [0.15, 0.2) is 16.9 Å². The lowest BCUT2D eigenvalue weighted by atomic mass is 9.98. The maximum atomic E-state index is 13.5. The SMILES string of the molecule is CCCCOc1ccc([C@H]2c3c(oc4ccccc4c3=O)C(=O)N2CCOC)cc1OCC. The smallest absolute Gasteiger partial charge is 0.290 e. The zero-order valence-electron chi connectivity index (χ0n) is 19.3. The molecule has 1 amide bonds. The summed E-state index contributed by atoms with van der Waals surface area (Å²) in [7, 11) is 1.58. The van der Waals surface area contributed by atoms with Crippen LogP contribution in [0.4, 0.5) is 0 Å². The second kappa shape index (κ2) is 10.1. The molecule has 33 heavy (non-hydrogen) atoms. The van der Waals surface area contributed by atoms with Gasteiger partial charge >= 0.3 is 0 Å². The number of ether oxygens (including phenoxy) is 3. The Balaban J connectivity index is 1.84. The third-order valence-corrected chi connectivity index (χ3v) is 5.75. The predicted octanol–water partition coefficient (Wildman–Crippen LogP) is 4.56. The summed E-state index contributed by atoms with van der Waals surface area (Å²) < 4.78 is 22.9. The Morgan fingerprint density at radius 1 is 1.00 bits per heavy atom. The average Bonchev–Trinajstić information content (AvgIpc) is 3.11. The highest BCUT2D eigenvalue weighted by Crippen LogP contribution is 2.40. The molecule has 0 saturated heterocycles. The van der Waals surface area contributed by atoms with Crippen LogP contribution in [-0.2, 0) is 4.74 Å². The lowest BCUT2D eigenvalue weighted by Gasteiger charge is -2.25. The standard InChI is InChI=1S/C26H29NO6/c1-4-6-14-32-20-12-11-17(16-21(20)31-5-2)23-22-24(28)18-9-7-8-10-19(18)33-25(22)26(29)27(23)13-15-30-3/h7-12,16,23H,4-6,13-15H2,1-3H3/t23-/m0/s1. The number of carbonyl (C=O) groups excluding carboxylic acids is 1. The minimum absolute atomic E-state index is 0.0843. The molecule has 0 aliphatic carbocycles. The molecule has 174 valence electrons. The van der Waals surface area contributed by atoms with Gasteiger partial charge in [-0.05, 0) is 43.2 Å². The second-order valence-electron chi connectivity index (χ2n) is 7.91. The van der Waals surface area contributed by atoms with E-state index in [2.05, 4.69) is 6.92 Å². The van der Waals surface area contributed by atoms with Crippen molar-refractivity contribution >= 4 is 16.9 Å². The van der Waals surface area contributed by atoms with E-state index in [1.165, 1.54) is 0 Å². The van der Waals surface area contributed by atoms with Crippen LogP contribution in [0.1, 0.15) is 54.4 Å². The Labute approximate surface area is 192 Å². The molecule has 1 atom stereocenters. The number of para-hydroxylation sites is 1. The highest BCUT2D eigenvalue weighted by molar-refractivity contribution is 5.99. The summed E-state index contributed by atoms with van der Waals surface area (Å²) in [5.41, 5.74) is 1.30. The third kappa shape index (κ3) is 4.33. The molecule has 0 saturated carbocycles. The van der Waals surface area contributed by atoms with Gasteiger partial charge in [0.05, 0.1) is 36.8 Å². The Morgan fingerprint density at radius 3 is 2.58 bits per heavy atom. The molecule has 0 unspecified atom stereocenters. The van der Waals surface area contributed by atoms with Crippen molar-refractivity contribution in [3.05, 3.63) is 69.6 Å². The van der Waals surface area contributed by atoms with Gasteiger partial charge in [0, 0.05) is 13.7 Å². The fourth-order valence-electron chi connectivity index (χ4n) is 4.14. The van der Waals surface area contributed by atoms with Crippen LogP contribution in [0.15, 0.2) is 51.7 Å².